The largest absolute Gasteiger partial charge is 0.337 e. The second-order valence-electron chi connectivity index (χ2n) is 5.34. The van der Waals surface area contributed by atoms with Gasteiger partial charge >= 0.3 is 6.03 Å². The maximum Gasteiger partial charge on any atom is 0.318 e. The van der Waals surface area contributed by atoms with Crippen molar-refractivity contribution < 1.29 is 9.32 Å². The Balaban J connectivity index is 2.18. The van der Waals surface area contributed by atoms with Crippen LogP contribution >= 0.6 is 0 Å². The topological polar surface area (TPSA) is 71.3 Å². The molecular formula is C13H22N4O2. The van der Waals surface area contributed by atoms with E-state index < -0.39 is 0 Å². The lowest BCUT2D eigenvalue weighted by molar-refractivity contribution is 0.157. The Kier molecular flexibility index (Phi) is 4.39. The van der Waals surface area contributed by atoms with Gasteiger partial charge in [0.1, 0.15) is 6.04 Å². The first-order valence-electron chi connectivity index (χ1n) is 6.95. The number of hydrogen-bond acceptors (Lipinski definition) is 4. The molecule has 2 amide bonds. The third-order valence-electron chi connectivity index (χ3n) is 3.25. The van der Waals surface area contributed by atoms with Crippen LogP contribution in [-0.4, -0.2) is 33.7 Å². The molecule has 0 saturated carbocycles. The molecule has 6 heteroatoms. The molecule has 1 aliphatic heterocycles. The maximum absolute atomic E-state index is 12.3. The Hall–Kier alpha value is -1.59. The number of amides is 2. The summed E-state index contributed by atoms with van der Waals surface area (Å²) in [6, 6.07) is -0.0129. The van der Waals surface area contributed by atoms with Crippen LogP contribution in [0.4, 0.5) is 4.79 Å². The molecule has 2 rings (SSSR count). The van der Waals surface area contributed by atoms with Crippen LogP contribution in [0.25, 0.3) is 0 Å². The van der Waals surface area contributed by atoms with Gasteiger partial charge in [0.15, 0.2) is 5.82 Å². The smallest absolute Gasteiger partial charge is 0.318 e. The Morgan fingerprint density at radius 3 is 2.84 bits per heavy atom. The molecule has 1 N–H and O–H groups in total. The first-order chi connectivity index (χ1) is 9.08. The number of nitrogens with one attached hydrogen (secondary N) is 1. The predicted octanol–water partition coefficient (Wildman–Crippen LogP) is 2.41. The Morgan fingerprint density at radius 2 is 2.21 bits per heavy atom. The summed E-state index contributed by atoms with van der Waals surface area (Å²) in [5, 5.41) is 6.78. The van der Waals surface area contributed by atoms with E-state index in [4.69, 9.17) is 4.52 Å². The Morgan fingerprint density at radius 1 is 1.42 bits per heavy atom. The summed E-state index contributed by atoms with van der Waals surface area (Å²) in [7, 11) is 0. The molecule has 2 heterocycles. The van der Waals surface area contributed by atoms with Crippen LogP contribution in [0.1, 0.15) is 57.3 Å². The van der Waals surface area contributed by atoms with Crippen molar-refractivity contribution in [1.82, 2.24) is 20.4 Å². The number of hydrogen-bond donors (Lipinski definition) is 1. The van der Waals surface area contributed by atoms with Gasteiger partial charge < -0.3 is 14.7 Å². The van der Waals surface area contributed by atoms with Crippen molar-refractivity contribution in [3.63, 3.8) is 0 Å². The number of rotatable bonds is 2. The molecule has 0 radical (unpaired) electrons. The number of carbonyl (C=O) groups is 1. The fourth-order valence-corrected chi connectivity index (χ4v) is 2.39. The molecular weight excluding hydrogens is 244 g/mol. The van der Waals surface area contributed by atoms with E-state index in [1.54, 1.807) is 6.92 Å². The summed E-state index contributed by atoms with van der Waals surface area (Å²) < 4.78 is 5.26. The third-order valence-corrected chi connectivity index (χ3v) is 3.25. The van der Waals surface area contributed by atoms with Crippen LogP contribution in [0.5, 0.6) is 0 Å². The maximum atomic E-state index is 12.3. The lowest BCUT2D eigenvalue weighted by atomic mass is 10.1. The highest BCUT2D eigenvalue weighted by atomic mass is 16.5. The van der Waals surface area contributed by atoms with Crippen LogP contribution in [0.3, 0.4) is 0 Å². The monoisotopic (exact) mass is 266 g/mol. The van der Waals surface area contributed by atoms with E-state index in [1.165, 1.54) is 0 Å². The second-order valence-corrected chi connectivity index (χ2v) is 5.34. The summed E-state index contributed by atoms with van der Waals surface area (Å²) in [6.07, 6.45) is 4.12. The first-order valence-corrected chi connectivity index (χ1v) is 6.95. The van der Waals surface area contributed by atoms with E-state index in [-0.39, 0.29) is 18.1 Å². The molecule has 1 aromatic rings. The highest BCUT2D eigenvalue weighted by molar-refractivity contribution is 5.74. The molecule has 1 aliphatic rings. The van der Waals surface area contributed by atoms with Gasteiger partial charge in [-0.05, 0) is 33.6 Å². The van der Waals surface area contributed by atoms with Crippen molar-refractivity contribution in [3.05, 3.63) is 11.7 Å². The lowest BCUT2D eigenvalue weighted by Gasteiger charge is -2.28. The normalized spacial score (nSPS) is 20.4. The molecule has 1 saturated heterocycles. The zero-order chi connectivity index (χ0) is 13.8. The Labute approximate surface area is 113 Å². The van der Waals surface area contributed by atoms with Crippen LogP contribution < -0.4 is 5.32 Å². The molecule has 0 aromatic carbocycles. The number of likely N-dealkylation sites (tertiary alicyclic amines) is 1. The van der Waals surface area contributed by atoms with Gasteiger partial charge in [-0.1, -0.05) is 18.0 Å². The van der Waals surface area contributed by atoms with E-state index in [9.17, 15) is 4.79 Å². The molecule has 106 valence electrons. The summed E-state index contributed by atoms with van der Waals surface area (Å²) in [6.45, 7) is 6.45. The lowest BCUT2D eigenvalue weighted by Crippen LogP contribution is -2.44. The van der Waals surface area contributed by atoms with Crippen LogP contribution in [-0.2, 0) is 0 Å². The minimum atomic E-state index is -0.0950. The minimum absolute atomic E-state index is 0.0437. The molecule has 0 bridgehead atoms. The van der Waals surface area contributed by atoms with E-state index in [1.807, 2.05) is 18.7 Å². The molecule has 1 unspecified atom stereocenters. The highest BCUT2D eigenvalue weighted by Crippen LogP contribution is 2.29. The zero-order valence-corrected chi connectivity index (χ0v) is 11.8. The van der Waals surface area contributed by atoms with Gasteiger partial charge in [0.25, 0.3) is 0 Å². The van der Waals surface area contributed by atoms with Crippen LogP contribution in [0.15, 0.2) is 4.52 Å². The number of carbonyl (C=O) groups excluding carboxylic acids is 1. The number of aryl methyl sites for hydroxylation is 1. The fourth-order valence-electron chi connectivity index (χ4n) is 2.39. The summed E-state index contributed by atoms with van der Waals surface area (Å²) >= 11 is 0. The molecule has 1 fully saturated rings. The van der Waals surface area contributed by atoms with E-state index in [2.05, 4.69) is 15.5 Å². The molecule has 6 nitrogen and oxygen atoms in total. The minimum Gasteiger partial charge on any atom is -0.337 e. The number of nitrogens with zero attached hydrogens (tertiary/aromatic N) is 3. The van der Waals surface area contributed by atoms with E-state index in [0.29, 0.717) is 11.7 Å². The summed E-state index contributed by atoms with van der Waals surface area (Å²) in [4.78, 5) is 18.4. The van der Waals surface area contributed by atoms with E-state index in [0.717, 1.165) is 32.2 Å². The van der Waals surface area contributed by atoms with Gasteiger partial charge in [-0.2, -0.15) is 4.98 Å². The van der Waals surface area contributed by atoms with Gasteiger partial charge in [0, 0.05) is 12.6 Å². The van der Waals surface area contributed by atoms with Gasteiger partial charge in [0.05, 0.1) is 0 Å². The van der Waals surface area contributed by atoms with Crippen molar-refractivity contribution in [2.75, 3.05) is 6.54 Å². The van der Waals surface area contributed by atoms with Gasteiger partial charge in [0.2, 0.25) is 5.89 Å². The molecule has 19 heavy (non-hydrogen) atoms. The van der Waals surface area contributed by atoms with Gasteiger partial charge in [-0.25, -0.2) is 4.79 Å². The third kappa shape index (κ3) is 3.45. The van der Waals surface area contributed by atoms with Gasteiger partial charge in [-0.15, -0.1) is 0 Å². The van der Waals surface area contributed by atoms with E-state index >= 15 is 0 Å². The molecule has 0 spiro atoms. The van der Waals surface area contributed by atoms with Crippen LogP contribution in [0.2, 0.25) is 0 Å². The van der Waals surface area contributed by atoms with Crippen molar-refractivity contribution in [3.8, 4) is 0 Å². The average Bonchev–Trinajstić information content (AvgIpc) is 2.63. The predicted molar refractivity (Wildman–Crippen MR) is 70.6 cm³/mol. The number of aromatic nitrogens is 2. The Bertz CT molecular complexity index is 430. The van der Waals surface area contributed by atoms with Crippen molar-refractivity contribution in [2.45, 2.75) is 58.5 Å². The van der Waals surface area contributed by atoms with Crippen molar-refractivity contribution >= 4 is 6.03 Å². The standard InChI is InChI=1S/C13H22N4O2/c1-9(2)14-13(18)17-8-6-4-5-7-11(17)12-15-10(3)16-19-12/h9,11H,4-8H2,1-3H3,(H,14,18). The second kappa shape index (κ2) is 6.04. The van der Waals surface area contributed by atoms with Gasteiger partial charge in [-0.3, -0.25) is 0 Å². The van der Waals surface area contributed by atoms with Crippen molar-refractivity contribution in [1.29, 1.82) is 0 Å². The number of urea groups is 1. The van der Waals surface area contributed by atoms with Crippen LogP contribution in [0, 0.1) is 6.92 Å². The summed E-state index contributed by atoms with van der Waals surface area (Å²) in [5.74, 6) is 1.17. The first kappa shape index (κ1) is 13.8. The zero-order valence-electron chi connectivity index (χ0n) is 11.8. The molecule has 0 aliphatic carbocycles. The highest BCUT2D eigenvalue weighted by Gasteiger charge is 2.30. The average molecular weight is 266 g/mol. The SMILES string of the molecule is Cc1noc(C2CCCCCN2C(=O)NC(C)C)n1. The fraction of sp³-hybridized carbons (Fsp3) is 0.769. The molecule has 1 atom stereocenters. The summed E-state index contributed by atoms with van der Waals surface area (Å²) in [5.41, 5.74) is 0. The molecule has 1 aromatic heterocycles. The quantitative estimate of drug-likeness (QED) is 0.892. The van der Waals surface area contributed by atoms with Crippen molar-refractivity contribution in [2.24, 2.45) is 0 Å².